The topological polar surface area (TPSA) is 66.6 Å². The number of rotatable bonds is 3. The Morgan fingerprint density at radius 1 is 1.17 bits per heavy atom. The van der Waals surface area contributed by atoms with Gasteiger partial charge in [0.05, 0.1) is 4.88 Å². The number of carbonyl (C=O) groups excluding carboxylic acids is 2. The lowest BCUT2D eigenvalue weighted by molar-refractivity contribution is -0.138. The summed E-state index contributed by atoms with van der Waals surface area (Å²) in [5.41, 5.74) is 5.79. The Labute approximate surface area is 147 Å². The highest BCUT2D eigenvalue weighted by atomic mass is 35.5. The number of nitrogens with two attached hydrogens (primary N) is 1. The van der Waals surface area contributed by atoms with Crippen molar-refractivity contribution in [2.24, 2.45) is 17.6 Å². The molecule has 0 aromatic carbocycles. The van der Waals surface area contributed by atoms with E-state index in [1.165, 1.54) is 11.3 Å². The number of hydrogen-bond donors (Lipinski definition) is 1. The highest BCUT2D eigenvalue weighted by Gasteiger charge is 2.36. The first-order valence-corrected chi connectivity index (χ1v) is 8.90. The quantitative estimate of drug-likeness (QED) is 0.897. The number of thiophene rings is 1. The van der Waals surface area contributed by atoms with Crippen molar-refractivity contribution < 1.29 is 9.59 Å². The number of nitrogens with zero attached hydrogens (tertiary/aromatic N) is 2. The lowest BCUT2D eigenvalue weighted by Gasteiger charge is -2.36. The lowest BCUT2D eigenvalue weighted by atomic mass is 9.94. The number of halogens is 1. The van der Waals surface area contributed by atoms with E-state index in [1.54, 1.807) is 0 Å². The molecule has 2 fully saturated rings. The Morgan fingerprint density at radius 3 is 2.48 bits per heavy atom. The molecule has 2 atom stereocenters. The van der Waals surface area contributed by atoms with Crippen molar-refractivity contribution in [2.75, 3.05) is 32.7 Å². The molecule has 7 heteroatoms. The van der Waals surface area contributed by atoms with Crippen molar-refractivity contribution in [3.05, 3.63) is 22.4 Å². The fourth-order valence-electron chi connectivity index (χ4n) is 3.56. The number of carbonyl (C=O) groups is 2. The van der Waals surface area contributed by atoms with E-state index in [4.69, 9.17) is 5.73 Å². The average molecular weight is 358 g/mol. The molecule has 0 unspecified atom stereocenters. The first-order chi connectivity index (χ1) is 10.7. The van der Waals surface area contributed by atoms with Crippen molar-refractivity contribution >= 4 is 35.6 Å². The summed E-state index contributed by atoms with van der Waals surface area (Å²) in [4.78, 5) is 29.5. The molecule has 128 valence electrons. The molecule has 1 saturated carbocycles. The Kier molecular flexibility index (Phi) is 6.44. The van der Waals surface area contributed by atoms with Crippen molar-refractivity contribution in [3.63, 3.8) is 0 Å². The van der Waals surface area contributed by atoms with Crippen LogP contribution in [0.2, 0.25) is 0 Å². The van der Waals surface area contributed by atoms with Gasteiger partial charge in [-0.3, -0.25) is 9.59 Å². The van der Waals surface area contributed by atoms with Crippen LogP contribution in [0, 0.1) is 11.8 Å². The van der Waals surface area contributed by atoms with E-state index < -0.39 is 0 Å². The molecule has 0 radical (unpaired) electrons. The standard InChI is InChI=1S/C16H23N3O2S.ClH/c17-11-12-3-1-4-13(12)15(20)18-6-8-19(9-7-18)16(21)14-5-2-10-22-14;/h2,5,10,12-13H,1,3-4,6-9,11,17H2;1H/t12-,13-;/m1./s1. The third kappa shape index (κ3) is 3.87. The predicted octanol–water partition coefficient (Wildman–Crippen LogP) is 1.83. The van der Waals surface area contributed by atoms with Gasteiger partial charge in [-0.15, -0.1) is 23.7 Å². The zero-order chi connectivity index (χ0) is 15.5. The van der Waals surface area contributed by atoms with Crippen LogP contribution in [0.3, 0.4) is 0 Å². The summed E-state index contributed by atoms with van der Waals surface area (Å²) >= 11 is 1.47. The van der Waals surface area contributed by atoms with Gasteiger partial charge in [-0.1, -0.05) is 12.5 Å². The summed E-state index contributed by atoms with van der Waals surface area (Å²) in [6, 6.07) is 3.75. The van der Waals surface area contributed by atoms with Gasteiger partial charge < -0.3 is 15.5 Å². The Morgan fingerprint density at radius 2 is 1.87 bits per heavy atom. The minimum absolute atomic E-state index is 0. The van der Waals surface area contributed by atoms with Crippen LogP contribution < -0.4 is 5.73 Å². The minimum atomic E-state index is 0. The van der Waals surface area contributed by atoms with Crippen LogP contribution in [-0.2, 0) is 4.79 Å². The summed E-state index contributed by atoms with van der Waals surface area (Å²) in [5, 5.41) is 1.92. The molecule has 0 bridgehead atoms. The Balaban J connectivity index is 0.00000192. The second-order valence-electron chi connectivity index (χ2n) is 6.13. The van der Waals surface area contributed by atoms with E-state index in [0.29, 0.717) is 38.6 Å². The van der Waals surface area contributed by atoms with E-state index in [2.05, 4.69) is 0 Å². The maximum atomic E-state index is 12.6. The molecule has 2 N–H and O–H groups in total. The molecule has 1 aromatic heterocycles. The van der Waals surface area contributed by atoms with Gasteiger partial charge in [0.25, 0.3) is 5.91 Å². The average Bonchev–Trinajstić information content (AvgIpc) is 3.24. The third-order valence-electron chi connectivity index (χ3n) is 4.89. The molecule has 2 amide bonds. The van der Waals surface area contributed by atoms with Crippen molar-refractivity contribution in [1.82, 2.24) is 9.80 Å². The number of amides is 2. The van der Waals surface area contributed by atoms with Crippen molar-refractivity contribution in [2.45, 2.75) is 19.3 Å². The Bertz CT molecular complexity index is 529. The zero-order valence-electron chi connectivity index (χ0n) is 13.1. The van der Waals surface area contributed by atoms with Crippen LogP contribution in [0.15, 0.2) is 17.5 Å². The lowest BCUT2D eigenvalue weighted by Crippen LogP contribution is -2.52. The van der Waals surface area contributed by atoms with Gasteiger partial charge in [0, 0.05) is 32.1 Å². The summed E-state index contributed by atoms with van der Waals surface area (Å²) < 4.78 is 0. The molecule has 3 rings (SSSR count). The van der Waals surface area contributed by atoms with Gasteiger partial charge >= 0.3 is 0 Å². The van der Waals surface area contributed by atoms with Gasteiger partial charge in [-0.2, -0.15) is 0 Å². The maximum Gasteiger partial charge on any atom is 0.264 e. The van der Waals surface area contributed by atoms with E-state index in [9.17, 15) is 9.59 Å². The fraction of sp³-hybridized carbons (Fsp3) is 0.625. The zero-order valence-corrected chi connectivity index (χ0v) is 14.8. The largest absolute Gasteiger partial charge is 0.339 e. The second-order valence-corrected chi connectivity index (χ2v) is 7.08. The van der Waals surface area contributed by atoms with Gasteiger partial charge in [0.1, 0.15) is 0 Å². The summed E-state index contributed by atoms with van der Waals surface area (Å²) in [5.74, 6) is 0.779. The monoisotopic (exact) mass is 357 g/mol. The van der Waals surface area contributed by atoms with Crippen molar-refractivity contribution in [3.8, 4) is 0 Å². The number of piperazine rings is 1. The molecular weight excluding hydrogens is 334 g/mol. The summed E-state index contributed by atoms with van der Waals surface area (Å²) in [6.45, 7) is 3.14. The molecule has 1 aliphatic carbocycles. The summed E-state index contributed by atoms with van der Waals surface area (Å²) in [6.07, 6.45) is 3.15. The molecule has 0 spiro atoms. The van der Waals surface area contributed by atoms with Gasteiger partial charge in [0.2, 0.25) is 5.91 Å². The summed E-state index contributed by atoms with van der Waals surface area (Å²) in [7, 11) is 0. The normalized spacial score (nSPS) is 24.4. The molecule has 1 saturated heterocycles. The van der Waals surface area contributed by atoms with Gasteiger partial charge in [0.15, 0.2) is 0 Å². The van der Waals surface area contributed by atoms with E-state index in [-0.39, 0.29) is 30.1 Å². The van der Waals surface area contributed by atoms with E-state index in [0.717, 1.165) is 24.1 Å². The van der Waals surface area contributed by atoms with Crippen LogP contribution in [-0.4, -0.2) is 54.3 Å². The fourth-order valence-corrected chi connectivity index (χ4v) is 4.26. The van der Waals surface area contributed by atoms with Crippen LogP contribution in [0.5, 0.6) is 0 Å². The molecule has 2 heterocycles. The highest BCUT2D eigenvalue weighted by molar-refractivity contribution is 7.12. The molecular formula is C16H24ClN3O2S. The maximum absolute atomic E-state index is 12.6. The molecule has 5 nitrogen and oxygen atoms in total. The minimum Gasteiger partial charge on any atom is -0.339 e. The Hall–Kier alpha value is -1.11. The van der Waals surface area contributed by atoms with Crippen LogP contribution in [0.25, 0.3) is 0 Å². The first kappa shape index (κ1) is 18.2. The first-order valence-electron chi connectivity index (χ1n) is 8.02. The molecule has 1 aromatic rings. The highest BCUT2D eigenvalue weighted by Crippen LogP contribution is 2.32. The van der Waals surface area contributed by atoms with E-state index in [1.807, 2.05) is 27.3 Å². The van der Waals surface area contributed by atoms with Crippen LogP contribution >= 0.6 is 23.7 Å². The molecule has 2 aliphatic rings. The number of hydrogen-bond acceptors (Lipinski definition) is 4. The third-order valence-corrected chi connectivity index (χ3v) is 5.75. The SMILES string of the molecule is Cl.NC[C@H]1CCC[C@H]1C(=O)N1CCN(C(=O)c2cccs2)CC1. The van der Waals surface area contributed by atoms with E-state index >= 15 is 0 Å². The second kappa shape index (κ2) is 8.13. The molecule has 23 heavy (non-hydrogen) atoms. The van der Waals surface area contributed by atoms with Crippen molar-refractivity contribution in [1.29, 1.82) is 0 Å². The van der Waals surface area contributed by atoms with Crippen LogP contribution in [0.4, 0.5) is 0 Å². The molecule has 1 aliphatic heterocycles. The van der Waals surface area contributed by atoms with Gasteiger partial charge in [-0.25, -0.2) is 0 Å². The predicted molar refractivity (Wildman–Crippen MR) is 93.9 cm³/mol. The smallest absolute Gasteiger partial charge is 0.264 e. The van der Waals surface area contributed by atoms with Crippen LogP contribution in [0.1, 0.15) is 28.9 Å². The van der Waals surface area contributed by atoms with Gasteiger partial charge in [-0.05, 0) is 36.8 Å².